The zero-order valence-corrected chi connectivity index (χ0v) is 37.1. The molecular weight excluding hydrogens is 830 g/mol. The largest absolute Gasteiger partial charge is 0.372 e. The quantitative estimate of drug-likeness (QED) is 0.138. The van der Waals surface area contributed by atoms with Crippen molar-refractivity contribution in [3.8, 4) is 21.8 Å². The summed E-state index contributed by atoms with van der Waals surface area (Å²) in [6.45, 7) is 9.94. The number of nitrogens with one attached hydrogen (secondary N) is 2. The molecular formula is C45H56FN9O5S2. The van der Waals surface area contributed by atoms with Crippen molar-refractivity contribution < 1.29 is 27.2 Å². The Morgan fingerprint density at radius 1 is 0.968 bits per heavy atom. The number of hydrogen-bond donors (Lipinski definition) is 3. The monoisotopic (exact) mass is 885 g/mol. The van der Waals surface area contributed by atoms with Crippen molar-refractivity contribution in [1.29, 1.82) is 0 Å². The summed E-state index contributed by atoms with van der Waals surface area (Å²) in [4.78, 5) is 58.9. The van der Waals surface area contributed by atoms with E-state index in [0.717, 1.165) is 69.0 Å². The summed E-state index contributed by atoms with van der Waals surface area (Å²) in [5.74, 6) is -0.604. The molecule has 14 nitrogen and oxygen atoms in total. The van der Waals surface area contributed by atoms with E-state index in [2.05, 4.69) is 48.9 Å². The number of piperidine rings is 4. The van der Waals surface area contributed by atoms with Gasteiger partial charge in [-0.25, -0.2) is 27.8 Å². The molecule has 17 heteroatoms. The Morgan fingerprint density at radius 3 is 2.37 bits per heavy atom. The van der Waals surface area contributed by atoms with Gasteiger partial charge >= 0.3 is 0 Å². The molecule has 2 aromatic heterocycles. The number of benzene rings is 2. The van der Waals surface area contributed by atoms with Gasteiger partial charge in [-0.15, -0.1) is 11.3 Å². The summed E-state index contributed by atoms with van der Waals surface area (Å²) < 4.78 is 43.7. The molecule has 4 N–H and O–H groups in total. The van der Waals surface area contributed by atoms with Crippen LogP contribution >= 0.6 is 11.3 Å². The standard InChI is InChI=1S/C45H56FN9O5S2/c1-3-27-62(59,60)52-35-6-4-5-34(38(35)46)39-40(36-13-20-48-44(47)49-36)61-43(51-39)45(2)18-25-55(26-19-45)42(58)31-16-21-53(22-17-31)28-29-14-23-54(24-15-29)32-9-7-30(8-10-32)33-11-12-37(56)50-41(33)57/h4-10,13,20,29,31,33,52H,3,11-12,14-19,21-28H2,1-2H3,(H2,47,48,49)(H,50,56,57)/t33-/m1/s1. The van der Waals surface area contributed by atoms with E-state index in [0.29, 0.717) is 67.4 Å². The number of thiazole rings is 1. The molecule has 8 rings (SSSR count). The number of hydrogen-bond acceptors (Lipinski definition) is 12. The number of amides is 3. The number of imide groups is 1. The molecule has 0 radical (unpaired) electrons. The highest BCUT2D eigenvalue weighted by molar-refractivity contribution is 7.92. The van der Waals surface area contributed by atoms with Crippen LogP contribution in [0.2, 0.25) is 0 Å². The molecule has 4 aromatic rings. The van der Waals surface area contributed by atoms with Gasteiger partial charge in [0.15, 0.2) is 5.82 Å². The third-order valence-corrected chi connectivity index (χ3v) is 16.0. The number of carbonyl (C=O) groups excluding carboxylic acids is 3. The number of nitrogens with two attached hydrogens (primary N) is 1. The molecule has 4 aliphatic rings. The summed E-state index contributed by atoms with van der Waals surface area (Å²) in [5.41, 5.74) is 8.57. The van der Waals surface area contributed by atoms with Gasteiger partial charge in [-0.05, 0) is 106 Å². The van der Waals surface area contributed by atoms with Crippen LogP contribution in [0.1, 0.15) is 88.1 Å². The van der Waals surface area contributed by atoms with Crippen LogP contribution in [-0.4, -0.2) is 102 Å². The average Bonchev–Trinajstić information content (AvgIpc) is 3.72. The number of likely N-dealkylation sites (tertiary alicyclic amines) is 2. The van der Waals surface area contributed by atoms with E-state index in [-0.39, 0.29) is 57.9 Å². The van der Waals surface area contributed by atoms with Crippen molar-refractivity contribution >= 4 is 56.4 Å². The van der Waals surface area contributed by atoms with E-state index >= 15 is 4.39 Å². The van der Waals surface area contributed by atoms with E-state index in [4.69, 9.17) is 10.7 Å². The van der Waals surface area contributed by atoms with Crippen molar-refractivity contribution in [2.24, 2.45) is 11.8 Å². The van der Waals surface area contributed by atoms with Gasteiger partial charge in [0.2, 0.25) is 33.7 Å². The van der Waals surface area contributed by atoms with Gasteiger partial charge in [0.1, 0.15) is 0 Å². The number of anilines is 3. The molecule has 0 bridgehead atoms. The number of nitrogen functional groups attached to an aromatic ring is 1. The lowest BCUT2D eigenvalue weighted by molar-refractivity contribution is -0.139. The van der Waals surface area contributed by atoms with E-state index < -0.39 is 15.8 Å². The SMILES string of the molecule is CCCS(=O)(=O)Nc1cccc(-c2nc(C3(C)CCN(C(=O)C4CCN(CC5CCN(c6ccc([C@H]7CCC(=O)NC7=O)cc6)CC5)CC4)CC3)sc2-c2ccnc(N)n2)c1F. The Kier molecular flexibility index (Phi) is 12.9. The Balaban J connectivity index is 0.847. The molecule has 330 valence electrons. The maximum absolute atomic E-state index is 16.2. The first-order valence-corrected chi connectivity index (χ1v) is 24.4. The normalized spacial score (nSPS) is 20.6. The number of aromatic nitrogens is 3. The molecule has 62 heavy (non-hydrogen) atoms. The van der Waals surface area contributed by atoms with Gasteiger partial charge in [0, 0.05) is 67.9 Å². The van der Waals surface area contributed by atoms with Gasteiger partial charge in [-0.3, -0.25) is 24.4 Å². The zero-order chi connectivity index (χ0) is 43.6. The topological polar surface area (TPSA) is 184 Å². The lowest BCUT2D eigenvalue weighted by Gasteiger charge is -2.41. The van der Waals surface area contributed by atoms with Gasteiger partial charge in [0.05, 0.1) is 38.6 Å². The summed E-state index contributed by atoms with van der Waals surface area (Å²) >= 11 is 1.42. The molecule has 0 saturated carbocycles. The minimum Gasteiger partial charge on any atom is -0.372 e. The molecule has 1 atom stereocenters. The number of rotatable bonds is 12. The third-order valence-electron chi connectivity index (χ3n) is 13.2. The molecule has 4 fully saturated rings. The molecule has 4 aliphatic heterocycles. The Morgan fingerprint density at radius 2 is 1.69 bits per heavy atom. The van der Waals surface area contributed by atoms with Gasteiger partial charge in [-0.2, -0.15) is 0 Å². The molecule has 6 heterocycles. The first-order chi connectivity index (χ1) is 29.8. The lowest BCUT2D eigenvalue weighted by atomic mass is 9.80. The Labute approximate surface area is 366 Å². The fourth-order valence-corrected chi connectivity index (χ4v) is 11.8. The van der Waals surface area contributed by atoms with Crippen molar-refractivity contribution in [3.63, 3.8) is 0 Å². The summed E-state index contributed by atoms with van der Waals surface area (Å²) in [5, 5.41) is 3.25. The smallest absolute Gasteiger partial charge is 0.234 e. The molecule has 4 saturated heterocycles. The maximum Gasteiger partial charge on any atom is 0.234 e. The van der Waals surface area contributed by atoms with Crippen LogP contribution in [0.25, 0.3) is 21.8 Å². The van der Waals surface area contributed by atoms with Crippen LogP contribution in [0.15, 0.2) is 54.7 Å². The number of sulfonamides is 1. The molecule has 2 aromatic carbocycles. The second-order valence-electron chi connectivity index (χ2n) is 17.6. The van der Waals surface area contributed by atoms with Crippen molar-refractivity contribution in [3.05, 3.63) is 71.1 Å². The average molecular weight is 886 g/mol. The first-order valence-electron chi connectivity index (χ1n) is 21.9. The van der Waals surface area contributed by atoms with Crippen molar-refractivity contribution in [1.82, 2.24) is 30.1 Å². The van der Waals surface area contributed by atoms with Crippen molar-refractivity contribution in [2.45, 2.75) is 83.0 Å². The molecule has 0 spiro atoms. The minimum absolute atomic E-state index is 0.00638. The Bertz CT molecular complexity index is 2390. The third kappa shape index (κ3) is 9.64. The Hall–Kier alpha value is -5.00. The van der Waals surface area contributed by atoms with Crippen LogP contribution in [0, 0.1) is 17.7 Å². The van der Waals surface area contributed by atoms with Crippen molar-refractivity contribution in [2.75, 3.05) is 66.9 Å². The molecule has 0 unspecified atom stereocenters. The highest BCUT2D eigenvalue weighted by atomic mass is 32.2. The fourth-order valence-electron chi connectivity index (χ4n) is 9.44. The lowest BCUT2D eigenvalue weighted by Crippen LogP contribution is -2.48. The summed E-state index contributed by atoms with van der Waals surface area (Å²) in [6.07, 6.45) is 8.17. The van der Waals surface area contributed by atoms with E-state index in [1.807, 2.05) is 17.0 Å². The van der Waals surface area contributed by atoms with Crippen LogP contribution in [0.5, 0.6) is 0 Å². The van der Waals surface area contributed by atoms with Crippen LogP contribution in [0.3, 0.4) is 0 Å². The molecule has 3 amide bonds. The van der Waals surface area contributed by atoms with E-state index in [1.54, 1.807) is 31.3 Å². The van der Waals surface area contributed by atoms with Gasteiger partial charge in [-0.1, -0.05) is 32.0 Å². The second kappa shape index (κ2) is 18.4. The fraction of sp³-hybridized carbons (Fsp3) is 0.511. The highest BCUT2D eigenvalue weighted by Gasteiger charge is 2.39. The highest BCUT2D eigenvalue weighted by Crippen LogP contribution is 2.45. The summed E-state index contributed by atoms with van der Waals surface area (Å²) in [7, 11) is -3.74. The van der Waals surface area contributed by atoms with Crippen LogP contribution in [0.4, 0.5) is 21.7 Å². The van der Waals surface area contributed by atoms with Crippen LogP contribution < -0.4 is 20.7 Å². The maximum atomic E-state index is 16.2. The second-order valence-corrected chi connectivity index (χ2v) is 20.4. The minimum atomic E-state index is -3.74. The zero-order valence-electron chi connectivity index (χ0n) is 35.4. The predicted octanol–water partition coefficient (Wildman–Crippen LogP) is 6.17. The van der Waals surface area contributed by atoms with Gasteiger partial charge in [0.25, 0.3) is 0 Å². The van der Waals surface area contributed by atoms with Gasteiger partial charge < -0.3 is 20.4 Å². The van der Waals surface area contributed by atoms with E-state index in [1.165, 1.54) is 23.1 Å². The molecule has 0 aliphatic carbocycles. The summed E-state index contributed by atoms with van der Waals surface area (Å²) in [6, 6.07) is 14.6. The number of nitrogens with zero attached hydrogens (tertiary/aromatic N) is 6. The van der Waals surface area contributed by atoms with E-state index in [9.17, 15) is 22.8 Å². The predicted molar refractivity (Wildman–Crippen MR) is 239 cm³/mol. The van der Waals surface area contributed by atoms with Crippen LogP contribution in [-0.2, 0) is 29.8 Å². The number of halogens is 1. The number of carbonyl (C=O) groups is 3. The first kappa shape index (κ1) is 43.6.